The number of Topliss-reactive ketones (excluding diaryl/α,β-unsaturated/α-hetero) is 1. The molecule has 1 aromatic heterocycles. The van der Waals surface area contributed by atoms with E-state index in [9.17, 15) is 14.7 Å². The highest BCUT2D eigenvalue weighted by Crippen LogP contribution is 2.40. The van der Waals surface area contributed by atoms with Gasteiger partial charge in [0, 0.05) is 18.2 Å². The molecular weight excluding hydrogens is 392 g/mol. The lowest BCUT2D eigenvalue weighted by atomic mass is 9.72. The van der Waals surface area contributed by atoms with E-state index < -0.39 is 5.91 Å². The van der Waals surface area contributed by atoms with E-state index in [2.05, 4.69) is 19.2 Å². The molecule has 2 aliphatic rings. The lowest BCUT2D eigenvalue weighted by Gasteiger charge is -2.32. The zero-order valence-corrected chi connectivity index (χ0v) is 18.6. The molecule has 1 atom stereocenters. The van der Waals surface area contributed by atoms with Crippen molar-refractivity contribution in [3.8, 4) is 5.69 Å². The van der Waals surface area contributed by atoms with E-state index in [0.717, 1.165) is 61.2 Å². The molecule has 2 aliphatic carbocycles. The number of primary amides is 1. The van der Waals surface area contributed by atoms with Crippen LogP contribution in [0.1, 0.15) is 84.5 Å². The van der Waals surface area contributed by atoms with E-state index in [4.69, 9.17) is 10.8 Å². The Kier molecular flexibility index (Phi) is 5.64. The number of amides is 1. The van der Waals surface area contributed by atoms with Crippen molar-refractivity contribution in [2.75, 3.05) is 5.32 Å². The quantitative estimate of drug-likeness (QED) is 0.680. The highest BCUT2D eigenvalue weighted by atomic mass is 16.3. The number of fused-ring (bicyclic) bond motifs is 1. The number of ketones is 1. The molecule has 2 aromatic rings. The number of hydrogen-bond donors (Lipinski definition) is 3. The molecule has 1 aromatic carbocycles. The van der Waals surface area contributed by atoms with Gasteiger partial charge in [0.25, 0.3) is 5.91 Å². The topological polar surface area (TPSA) is 110 Å². The molecule has 0 bridgehead atoms. The summed E-state index contributed by atoms with van der Waals surface area (Å²) in [6.07, 6.45) is 5.16. The normalized spacial score (nSPS) is 25.9. The van der Waals surface area contributed by atoms with Crippen LogP contribution in [0.25, 0.3) is 5.69 Å². The molecule has 0 radical (unpaired) electrons. The van der Waals surface area contributed by atoms with Gasteiger partial charge in [0.1, 0.15) is 0 Å². The third-order valence-electron chi connectivity index (χ3n) is 7.04. The first-order valence-electron chi connectivity index (χ1n) is 11.2. The Labute approximate surface area is 183 Å². The van der Waals surface area contributed by atoms with Gasteiger partial charge < -0.3 is 16.2 Å². The van der Waals surface area contributed by atoms with Gasteiger partial charge in [0.2, 0.25) is 0 Å². The molecular formula is C24H32N4O3. The summed E-state index contributed by atoms with van der Waals surface area (Å²) < 4.78 is 1.86. The summed E-state index contributed by atoms with van der Waals surface area (Å²) in [4.78, 5) is 24.9. The van der Waals surface area contributed by atoms with E-state index in [1.165, 1.54) is 0 Å². The third-order valence-corrected chi connectivity index (χ3v) is 7.04. The number of nitrogens with zero attached hydrogens (tertiary/aromatic N) is 2. The van der Waals surface area contributed by atoms with Crippen LogP contribution in [0.15, 0.2) is 18.2 Å². The number of aliphatic hydroxyl groups is 1. The molecule has 1 fully saturated rings. The number of aryl methyl sites for hydroxylation is 1. The zero-order valence-electron chi connectivity index (χ0n) is 18.6. The average molecular weight is 425 g/mol. The van der Waals surface area contributed by atoms with E-state index >= 15 is 0 Å². The van der Waals surface area contributed by atoms with Crippen molar-refractivity contribution in [3.05, 3.63) is 40.7 Å². The minimum absolute atomic E-state index is 0.0779. The molecule has 0 spiro atoms. The largest absolute Gasteiger partial charge is 0.393 e. The Morgan fingerprint density at radius 2 is 2.00 bits per heavy atom. The van der Waals surface area contributed by atoms with Crippen LogP contribution in [0.2, 0.25) is 0 Å². The van der Waals surface area contributed by atoms with Gasteiger partial charge in [-0.05, 0) is 69.1 Å². The lowest BCUT2D eigenvalue weighted by Crippen LogP contribution is -2.30. The van der Waals surface area contributed by atoms with E-state index in [1.54, 1.807) is 6.07 Å². The summed E-state index contributed by atoms with van der Waals surface area (Å²) in [6, 6.07) is 5.64. The molecule has 4 N–H and O–H groups in total. The molecule has 7 nitrogen and oxygen atoms in total. The van der Waals surface area contributed by atoms with Gasteiger partial charge in [0.15, 0.2) is 5.78 Å². The van der Waals surface area contributed by atoms with Crippen molar-refractivity contribution >= 4 is 17.4 Å². The van der Waals surface area contributed by atoms with Gasteiger partial charge in [-0.2, -0.15) is 5.10 Å². The number of aromatic nitrogens is 2. The predicted molar refractivity (Wildman–Crippen MR) is 120 cm³/mol. The van der Waals surface area contributed by atoms with Gasteiger partial charge in [-0.3, -0.25) is 9.59 Å². The van der Waals surface area contributed by atoms with Crippen LogP contribution in [0.3, 0.4) is 0 Å². The molecule has 7 heteroatoms. The highest BCUT2D eigenvalue weighted by Gasteiger charge is 2.37. The predicted octanol–water partition coefficient (Wildman–Crippen LogP) is 3.54. The molecule has 166 valence electrons. The molecule has 4 rings (SSSR count). The van der Waals surface area contributed by atoms with E-state index in [0.29, 0.717) is 17.7 Å². The summed E-state index contributed by atoms with van der Waals surface area (Å²) >= 11 is 0. The standard InChI is InChI=1S/C24H32N4O3/c1-4-24(3)12-20-22(21(30)13-24)14(2)27-28(20)16-7-10-18(23(25)31)19(11-16)26-15-5-8-17(29)9-6-15/h7,10-11,15,17,26,29H,4-6,8-9,12-13H2,1-3H3,(H2,25,31). The molecule has 1 saturated carbocycles. The van der Waals surface area contributed by atoms with Gasteiger partial charge in [-0.25, -0.2) is 4.68 Å². The summed E-state index contributed by atoms with van der Waals surface area (Å²) in [5.74, 6) is -0.334. The van der Waals surface area contributed by atoms with E-state index in [1.807, 2.05) is 23.7 Å². The van der Waals surface area contributed by atoms with Crippen molar-refractivity contribution in [1.29, 1.82) is 0 Å². The SMILES string of the molecule is CCC1(C)CC(=O)c2c(C)nn(-c3ccc(C(N)=O)c(NC4CCC(O)CC4)c3)c2C1. The van der Waals surface area contributed by atoms with Crippen molar-refractivity contribution in [2.24, 2.45) is 11.1 Å². The van der Waals surface area contributed by atoms with Gasteiger partial charge >= 0.3 is 0 Å². The smallest absolute Gasteiger partial charge is 0.250 e. The van der Waals surface area contributed by atoms with Crippen molar-refractivity contribution < 1.29 is 14.7 Å². The second-order valence-electron chi connectivity index (χ2n) is 9.50. The van der Waals surface area contributed by atoms with Crippen LogP contribution in [-0.2, 0) is 6.42 Å². The number of aliphatic hydroxyl groups excluding tert-OH is 1. The van der Waals surface area contributed by atoms with Crippen LogP contribution in [0, 0.1) is 12.3 Å². The number of carbonyl (C=O) groups is 2. The van der Waals surface area contributed by atoms with Gasteiger partial charge in [-0.15, -0.1) is 0 Å². The van der Waals surface area contributed by atoms with Crippen LogP contribution in [0.4, 0.5) is 5.69 Å². The van der Waals surface area contributed by atoms with Crippen molar-refractivity contribution in [1.82, 2.24) is 9.78 Å². The molecule has 1 heterocycles. The zero-order chi connectivity index (χ0) is 22.3. The Balaban J connectivity index is 1.73. The maximum absolute atomic E-state index is 12.9. The van der Waals surface area contributed by atoms with Crippen LogP contribution in [0.5, 0.6) is 0 Å². The Bertz CT molecular complexity index is 1020. The average Bonchev–Trinajstić information content (AvgIpc) is 3.05. The van der Waals surface area contributed by atoms with Gasteiger partial charge in [0.05, 0.1) is 34.3 Å². The Hall–Kier alpha value is -2.67. The number of nitrogens with one attached hydrogen (secondary N) is 1. The van der Waals surface area contributed by atoms with Crippen LogP contribution < -0.4 is 11.1 Å². The second kappa shape index (κ2) is 8.11. The Morgan fingerprint density at radius 3 is 2.65 bits per heavy atom. The summed E-state index contributed by atoms with van der Waals surface area (Å²) in [5.41, 5.74) is 9.89. The number of nitrogens with two attached hydrogens (primary N) is 1. The number of hydrogen-bond acceptors (Lipinski definition) is 5. The lowest BCUT2D eigenvalue weighted by molar-refractivity contribution is 0.0892. The maximum atomic E-state index is 12.9. The summed E-state index contributed by atoms with van der Waals surface area (Å²) in [5, 5.41) is 18.0. The van der Waals surface area contributed by atoms with E-state index in [-0.39, 0.29) is 23.3 Å². The monoisotopic (exact) mass is 424 g/mol. The fourth-order valence-corrected chi connectivity index (χ4v) is 4.95. The minimum Gasteiger partial charge on any atom is -0.393 e. The fourth-order valence-electron chi connectivity index (χ4n) is 4.95. The van der Waals surface area contributed by atoms with Crippen molar-refractivity contribution in [2.45, 2.75) is 77.9 Å². The number of benzene rings is 1. The maximum Gasteiger partial charge on any atom is 0.250 e. The molecule has 0 aliphatic heterocycles. The first-order valence-corrected chi connectivity index (χ1v) is 11.2. The molecule has 1 amide bonds. The fraction of sp³-hybridized carbons (Fsp3) is 0.542. The summed E-state index contributed by atoms with van der Waals surface area (Å²) in [7, 11) is 0. The summed E-state index contributed by atoms with van der Waals surface area (Å²) in [6.45, 7) is 6.16. The third kappa shape index (κ3) is 4.11. The first-order chi connectivity index (χ1) is 14.7. The molecule has 0 saturated heterocycles. The molecule has 31 heavy (non-hydrogen) atoms. The molecule has 1 unspecified atom stereocenters. The minimum atomic E-state index is -0.489. The Morgan fingerprint density at radius 1 is 1.29 bits per heavy atom. The number of anilines is 1. The number of carbonyl (C=O) groups excluding carboxylic acids is 2. The van der Waals surface area contributed by atoms with Crippen LogP contribution >= 0.6 is 0 Å². The van der Waals surface area contributed by atoms with Crippen molar-refractivity contribution in [3.63, 3.8) is 0 Å². The van der Waals surface area contributed by atoms with Crippen LogP contribution in [-0.4, -0.2) is 38.7 Å². The highest BCUT2D eigenvalue weighted by molar-refractivity contribution is 6.00. The number of rotatable bonds is 5. The van der Waals surface area contributed by atoms with Gasteiger partial charge in [-0.1, -0.05) is 13.8 Å². The first kappa shape index (κ1) is 21.6. The second-order valence-corrected chi connectivity index (χ2v) is 9.50.